The van der Waals surface area contributed by atoms with Crippen LogP contribution in [0.25, 0.3) is 0 Å². The molecule has 1 rings (SSSR count). The number of nitrogens with one attached hydrogen (secondary N) is 1. The van der Waals surface area contributed by atoms with Crippen molar-refractivity contribution in [3.8, 4) is 0 Å². The fourth-order valence-electron chi connectivity index (χ4n) is 1.44. The summed E-state index contributed by atoms with van der Waals surface area (Å²) in [6.07, 6.45) is 2.98. The van der Waals surface area contributed by atoms with Crippen LogP contribution in [0.4, 0.5) is 4.79 Å². The predicted molar refractivity (Wildman–Crippen MR) is 69.3 cm³/mol. The maximum Gasteiger partial charge on any atom is 0.410 e. The van der Waals surface area contributed by atoms with Gasteiger partial charge in [-0.3, -0.25) is 4.79 Å². The zero-order valence-electron chi connectivity index (χ0n) is 11.8. The monoisotopic (exact) mass is 256 g/mol. The molecule has 1 fully saturated rings. The molecule has 0 unspecified atom stereocenters. The van der Waals surface area contributed by atoms with Gasteiger partial charge in [-0.05, 0) is 40.0 Å². The molecule has 1 N–H and O–H groups in total. The molecule has 1 aliphatic rings. The normalized spacial score (nSPS) is 15.1. The van der Waals surface area contributed by atoms with Crippen LogP contribution in [0.1, 0.15) is 46.5 Å². The first-order chi connectivity index (χ1) is 8.28. The molecule has 0 saturated heterocycles. The number of hydrogen-bond donors (Lipinski definition) is 1. The molecule has 104 valence electrons. The summed E-state index contributed by atoms with van der Waals surface area (Å²) in [4.78, 5) is 24.6. The summed E-state index contributed by atoms with van der Waals surface area (Å²) in [5.74, 6) is 0.0788. The zero-order valence-corrected chi connectivity index (χ0v) is 11.8. The Morgan fingerprint density at radius 1 is 1.33 bits per heavy atom. The number of carbonyl (C=O) groups is 2. The molecule has 5 heteroatoms. The lowest BCUT2D eigenvalue weighted by atomic mass is 10.2. The van der Waals surface area contributed by atoms with Gasteiger partial charge in [-0.25, -0.2) is 4.79 Å². The van der Waals surface area contributed by atoms with E-state index < -0.39 is 5.60 Å². The minimum atomic E-state index is -0.477. The molecule has 0 aromatic rings. The van der Waals surface area contributed by atoms with Crippen molar-refractivity contribution < 1.29 is 14.3 Å². The zero-order chi connectivity index (χ0) is 13.8. The van der Waals surface area contributed by atoms with Crippen LogP contribution >= 0.6 is 0 Å². The highest BCUT2D eigenvalue weighted by Crippen LogP contribution is 2.18. The summed E-state index contributed by atoms with van der Waals surface area (Å²) in [6.45, 7) is 6.04. The second-order valence-corrected chi connectivity index (χ2v) is 5.85. The van der Waals surface area contributed by atoms with E-state index in [1.165, 1.54) is 4.90 Å². The Labute approximate surface area is 109 Å². The summed E-state index contributed by atoms with van der Waals surface area (Å²) in [5, 5.41) is 2.92. The molecule has 5 nitrogen and oxygen atoms in total. The average molecular weight is 256 g/mol. The first kappa shape index (κ1) is 14.8. The highest BCUT2D eigenvalue weighted by Gasteiger charge is 2.23. The summed E-state index contributed by atoms with van der Waals surface area (Å²) < 4.78 is 5.22. The molecule has 0 aromatic heterocycles. The van der Waals surface area contributed by atoms with Gasteiger partial charge in [0.25, 0.3) is 0 Å². The van der Waals surface area contributed by atoms with E-state index >= 15 is 0 Å². The number of carbonyl (C=O) groups excluding carboxylic acids is 2. The van der Waals surface area contributed by atoms with Gasteiger partial charge in [0, 0.05) is 26.1 Å². The van der Waals surface area contributed by atoms with E-state index in [4.69, 9.17) is 4.74 Å². The maximum absolute atomic E-state index is 11.6. The summed E-state index contributed by atoms with van der Waals surface area (Å²) in [7, 11) is 1.69. The van der Waals surface area contributed by atoms with Crippen LogP contribution < -0.4 is 5.32 Å². The molecule has 0 atom stereocenters. The van der Waals surface area contributed by atoms with Crippen LogP contribution in [0.3, 0.4) is 0 Å². The van der Waals surface area contributed by atoms with Crippen LogP contribution in [0.5, 0.6) is 0 Å². The Hall–Kier alpha value is -1.26. The minimum Gasteiger partial charge on any atom is -0.444 e. The Morgan fingerprint density at radius 2 is 1.94 bits per heavy atom. The van der Waals surface area contributed by atoms with Crippen LogP contribution in [0.15, 0.2) is 0 Å². The molecule has 0 radical (unpaired) electrons. The first-order valence-electron chi connectivity index (χ1n) is 6.51. The Morgan fingerprint density at radius 3 is 2.44 bits per heavy atom. The van der Waals surface area contributed by atoms with Crippen LogP contribution in [0, 0.1) is 0 Å². The number of nitrogens with zero attached hydrogens (tertiary/aromatic N) is 1. The Balaban J connectivity index is 2.13. The molecule has 1 aliphatic carbocycles. The first-order valence-corrected chi connectivity index (χ1v) is 6.51. The van der Waals surface area contributed by atoms with E-state index in [1.807, 2.05) is 20.8 Å². The number of ether oxygens (including phenoxy) is 1. The largest absolute Gasteiger partial charge is 0.444 e. The SMILES string of the molecule is CN(CCCC(=O)NC1CC1)C(=O)OC(C)(C)C. The lowest BCUT2D eigenvalue weighted by molar-refractivity contribution is -0.121. The second-order valence-electron chi connectivity index (χ2n) is 5.85. The smallest absolute Gasteiger partial charge is 0.410 e. The Bertz CT molecular complexity index is 306. The number of hydrogen-bond acceptors (Lipinski definition) is 3. The van der Waals surface area contributed by atoms with Gasteiger partial charge in [0.1, 0.15) is 5.60 Å². The lowest BCUT2D eigenvalue weighted by Gasteiger charge is -2.24. The van der Waals surface area contributed by atoms with Crippen molar-refractivity contribution in [3.05, 3.63) is 0 Å². The van der Waals surface area contributed by atoms with E-state index in [9.17, 15) is 9.59 Å². The molecule has 0 heterocycles. The Kier molecular flexibility index (Phi) is 4.99. The van der Waals surface area contributed by atoms with Crippen molar-refractivity contribution >= 4 is 12.0 Å². The van der Waals surface area contributed by atoms with Crippen LogP contribution in [-0.4, -0.2) is 42.1 Å². The third-order valence-electron chi connectivity index (χ3n) is 2.54. The fraction of sp³-hybridized carbons (Fsp3) is 0.846. The van der Waals surface area contributed by atoms with Gasteiger partial charge in [-0.1, -0.05) is 0 Å². The predicted octanol–water partition coefficient (Wildman–Crippen LogP) is 1.91. The van der Waals surface area contributed by atoms with E-state index in [1.54, 1.807) is 7.05 Å². The second kappa shape index (κ2) is 6.07. The van der Waals surface area contributed by atoms with Crippen molar-refractivity contribution in [2.75, 3.05) is 13.6 Å². The van der Waals surface area contributed by atoms with Gasteiger partial charge in [-0.2, -0.15) is 0 Å². The minimum absolute atomic E-state index is 0.0788. The quantitative estimate of drug-likeness (QED) is 0.817. The van der Waals surface area contributed by atoms with E-state index in [-0.39, 0.29) is 12.0 Å². The molecule has 0 bridgehead atoms. The van der Waals surface area contributed by atoms with Crippen LogP contribution in [-0.2, 0) is 9.53 Å². The van der Waals surface area contributed by atoms with Gasteiger partial charge in [0.05, 0.1) is 0 Å². The highest BCUT2D eigenvalue weighted by atomic mass is 16.6. The molecule has 1 saturated carbocycles. The van der Waals surface area contributed by atoms with E-state index in [0.29, 0.717) is 25.4 Å². The van der Waals surface area contributed by atoms with Gasteiger partial charge in [0.2, 0.25) is 5.91 Å². The van der Waals surface area contributed by atoms with Crippen molar-refractivity contribution in [2.45, 2.75) is 58.1 Å². The third kappa shape index (κ3) is 6.47. The summed E-state index contributed by atoms with van der Waals surface area (Å²) >= 11 is 0. The standard InChI is InChI=1S/C13H24N2O3/c1-13(2,3)18-12(17)15(4)9-5-6-11(16)14-10-7-8-10/h10H,5-9H2,1-4H3,(H,14,16). The molecule has 0 aliphatic heterocycles. The van der Waals surface area contributed by atoms with Gasteiger partial charge >= 0.3 is 6.09 Å². The fourth-order valence-corrected chi connectivity index (χ4v) is 1.44. The maximum atomic E-state index is 11.6. The van der Waals surface area contributed by atoms with Gasteiger partial charge < -0.3 is 15.0 Å². The highest BCUT2D eigenvalue weighted by molar-refractivity contribution is 5.76. The van der Waals surface area contributed by atoms with E-state index in [0.717, 1.165) is 12.8 Å². The van der Waals surface area contributed by atoms with Crippen LogP contribution in [0.2, 0.25) is 0 Å². The van der Waals surface area contributed by atoms with Crippen molar-refractivity contribution in [1.29, 1.82) is 0 Å². The van der Waals surface area contributed by atoms with Gasteiger partial charge in [-0.15, -0.1) is 0 Å². The number of amides is 2. The summed E-state index contributed by atoms with van der Waals surface area (Å²) in [5.41, 5.74) is -0.477. The molecule has 18 heavy (non-hydrogen) atoms. The average Bonchev–Trinajstić information content (AvgIpc) is 2.98. The molecular formula is C13H24N2O3. The number of rotatable bonds is 5. The third-order valence-corrected chi connectivity index (χ3v) is 2.54. The molecule has 0 aromatic carbocycles. The van der Waals surface area contributed by atoms with Crippen molar-refractivity contribution in [3.63, 3.8) is 0 Å². The van der Waals surface area contributed by atoms with E-state index in [2.05, 4.69) is 5.32 Å². The molecular weight excluding hydrogens is 232 g/mol. The lowest BCUT2D eigenvalue weighted by Crippen LogP contribution is -2.35. The van der Waals surface area contributed by atoms with Crippen molar-refractivity contribution in [1.82, 2.24) is 10.2 Å². The van der Waals surface area contributed by atoms with Crippen molar-refractivity contribution in [2.24, 2.45) is 0 Å². The molecule has 0 spiro atoms. The topological polar surface area (TPSA) is 58.6 Å². The summed E-state index contributed by atoms with van der Waals surface area (Å²) in [6, 6.07) is 0.404. The van der Waals surface area contributed by atoms with Gasteiger partial charge in [0.15, 0.2) is 0 Å². The molecule has 2 amide bonds.